The highest BCUT2D eigenvalue weighted by atomic mass is 16.2. The van der Waals surface area contributed by atoms with E-state index in [0.29, 0.717) is 12.0 Å². The number of rotatable bonds is 3. The van der Waals surface area contributed by atoms with Crippen LogP contribution in [0.25, 0.3) is 0 Å². The first-order valence-electron chi connectivity index (χ1n) is 8.39. The molecule has 1 aliphatic heterocycles. The Morgan fingerprint density at radius 1 is 1.19 bits per heavy atom. The Bertz CT molecular complexity index is 467. The molecule has 1 aliphatic carbocycles. The van der Waals surface area contributed by atoms with E-state index in [-0.39, 0.29) is 11.9 Å². The lowest BCUT2D eigenvalue weighted by molar-refractivity contribution is -0.122. The molecule has 21 heavy (non-hydrogen) atoms. The van der Waals surface area contributed by atoms with E-state index >= 15 is 0 Å². The highest BCUT2D eigenvalue weighted by Gasteiger charge is 2.28. The number of amides is 1. The number of hydrogen-bond acceptors (Lipinski definition) is 2. The Morgan fingerprint density at radius 2 is 1.90 bits per heavy atom. The maximum Gasteiger partial charge on any atom is 0.243 e. The average Bonchev–Trinajstić information content (AvgIpc) is 2.73. The number of hydrogen-bond donors (Lipinski definition) is 2. The van der Waals surface area contributed by atoms with Crippen molar-refractivity contribution in [3.63, 3.8) is 0 Å². The normalized spacial score (nSPS) is 23.8. The molecule has 0 aromatic heterocycles. The lowest BCUT2D eigenvalue weighted by Crippen LogP contribution is -2.45. The van der Waals surface area contributed by atoms with Crippen molar-refractivity contribution in [3.8, 4) is 0 Å². The van der Waals surface area contributed by atoms with Crippen LogP contribution in [0.15, 0.2) is 24.3 Å². The van der Waals surface area contributed by atoms with Crippen molar-refractivity contribution in [3.05, 3.63) is 29.8 Å². The zero-order valence-corrected chi connectivity index (χ0v) is 12.9. The number of fused-ring (bicyclic) bond motifs is 1. The first-order valence-corrected chi connectivity index (χ1v) is 8.39. The molecule has 2 N–H and O–H groups in total. The standard InChI is InChI=1S/C18H26N2O/c1-13(14-8-4-2-3-5-9-14)19-18(21)17-12-15-10-6-7-11-16(15)20-17/h6-7,10-11,13-14,17,20H,2-5,8-9,12H2,1H3,(H,19,21)/t13-,17?/m1/s1. The van der Waals surface area contributed by atoms with Gasteiger partial charge in [0.25, 0.3) is 0 Å². The van der Waals surface area contributed by atoms with Crippen molar-refractivity contribution in [2.75, 3.05) is 5.32 Å². The summed E-state index contributed by atoms with van der Waals surface area (Å²) in [5, 5.41) is 6.60. The van der Waals surface area contributed by atoms with Gasteiger partial charge in [0.05, 0.1) is 0 Å². The number of anilines is 1. The van der Waals surface area contributed by atoms with Gasteiger partial charge < -0.3 is 10.6 Å². The molecule has 3 nitrogen and oxygen atoms in total. The average molecular weight is 286 g/mol. The van der Waals surface area contributed by atoms with Gasteiger partial charge in [-0.3, -0.25) is 4.79 Å². The van der Waals surface area contributed by atoms with Gasteiger partial charge in [0.1, 0.15) is 6.04 Å². The Labute approximate surface area is 127 Å². The summed E-state index contributed by atoms with van der Waals surface area (Å²) in [6, 6.07) is 8.40. The van der Waals surface area contributed by atoms with E-state index in [4.69, 9.17) is 0 Å². The van der Waals surface area contributed by atoms with E-state index in [9.17, 15) is 4.79 Å². The van der Waals surface area contributed by atoms with Gasteiger partial charge in [0.2, 0.25) is 5.91 Å². The van der Waals surface area contributed by atoms with Gasteiger partial charge in [-0.15, -0.1) is 0 Å². The monoisotopic (exact) mass is 286 g/mol. The summed E-state index contributed by atoms with van der Waals surface area (Å²) in [6.07, 6.45) is 8.68. The van der Waals surface area contributed by atoms with Gasteiger partial charge in [-0.1, -0.05) is 43.9 Å². The van der Waals surface area contributed by atoms with Crippen LogP contribution in [-0.4, -0.2) is 18.0 Å². The molecule has 3 rings (SSSR count). The van der Waals surface area contributed by atoms with Crippen LogP contribution in [0.3, 0.4) is 0 Å². The second-order valence-electron chi connectivity index (χ2n) is 6.61. The van der Waals surface area contributed by atoms with Crippen molar-refractivity contribution >= 4 is 11.6 Å². The molecule has 0 spiro atoms. The summed E-state index contributed by atoms with van der Waals surface area (Å²) >= 11 is 0. The van der Waals surface area contributed by atoms with E-state index in [1.807, 2.05) is 12.1 Å². The summed E-state index contributed by atoms with van der Waals surface area (Å²) in [6.45, 7) is 2.18. The summed E-state index contributed by atoms with van der Waals surface area (Å²) < 4.78 is 0. The van der Waals surface area contributed by atoms with E-state index in [2.05, 4.69) is 29.7 Å². The quantitative estimate of drug-likeness (QED) is 0.835. The molecule has 0 radical (unpaired) electrons. The minimum absolute atomic E-state index is 0.101. The molecule has 1 aromatic carbocycles. The highest BCUT2D eigenvalue weighted by molar-refractivity contribution is 5.87. The maximum atomic E-state index is 12.5. The molecule has 114 valence electrons. The molecule has 1 heterocycles. The van der Waals surface area contributed by atoms with Crippen molar-refractivity contribution in [1.82, 2.24) is 5.32 Å². The van der Waals surface area contributed by atoms with Crippen molar-refractivity contribution < 1.29 is 4.79 Å². The number of carbonyl (C=O) groups excluding carboxylic acids is 1. The topological polar surface area (TPSA) is 41.1 Å². The van der Waals surface area contributed by atoms with Crippen LogP contribution >= 0.6 is 0 Å². The lowest BCUT2D eigenvalue weighted by atomic mass is 9.93. The third-order valence-electron chi connectivity index (χ3n) is 5.06. The molecule has 1 saturated carbocycles. The Morgan fingerprint density at radius 3 is 2.62 bits per heavy atom. The van der Waals surface area contributed by atoms with Gasteiger partial charge in [-0.2, -0.15) is 0 Å². The minimum atomic E-state index is -0.101. The predicted octanol–water partition coefficient (Wildman–Crippen LogP) is 3.50. The summed E-state index contributed by atoms with van der Waals surface area (Å²) in [5.41, 5.74) is 2.36. The van der Waals surface area contributed by atoms with Crippen molar-refractivity contribution in [1.29, 1.82) is 0 Å². The largest absolute Gasteiger partial charge is 0.373 e. The first kappa shape index (κ1) is 14.4. The molecule has 2 atom stereocenters. The highest BCUT2D eigenvalue weighted by Crippen LogP contribution is 2.27. The zero-order valence-electron chi connectivity index (χ0n) is 12.9. The molecule has 1 fully saturated rings. The van der Waals surface area contributed by atoms with E-state index in [1.54, 1.807) is 0 Å². The second-order valence-corrected chi connectivity index (χ2v) is 6.61. The molecule has 0 bridgehead atoms. The fourth-order valence-electron chi connectivity index (χ4n) is 3.71. The van der Waals surface area contributed by atoms with E-state index in [1.165, 1.54) is 44.1 Å². The second kappa shape index (κ2) is 6.50. The molecule has 1 amide bonds. The van der Waals surface area contributed by atoms with E-state index < -0.39 is 0 Å². The number of carbonyl (C=O) groups is 1. The fraction of sp³-hybridized carbons (Fsp3) is 0.611. The van der Waals surface area contributed by atoms with Crippen LogP contribution < -0.4 is 10.6 Å². The summed E-state index contributed by atoms with van der Waals surface area (Å²) in [4.78, 5) is 12.5. The van der Waals surface area contributed by atoms with Crippen LogP contribution in [0.1, 0.15) is 51.0 Å². The zero-order chi connectivity index (χ0) is 14.7. The van der Waals surface area contributed by atoms with Crippen LogP contribution in [0, 0.1) is 5.92 Å². The smallest absolute Gasteiger partial charge is 0.243 e. The van der Waals surface area contributed by atoms with Gasteiger partial charge in [-0.05, 0) is 37.3 Å². The van der Waals surface area contributed by atoms with Crippen molar-refractivity contribution in [2.24, 2.45) is 5.92 Å². The number of nitrogens with one attached hydrogen (secondary N) is 2. The first-order chi connectivity index (χ1) is 10.2. The van der Waals surface area contributed by atoms with Crippen LogP contribution in [0.5, 0.6) is 0 Å². The number of para-hydroxylation sites is 1. The molecule has 0 saturated heterocycles. The molecular formula is C18H26N2O. The Balaban J connectivity index is 1.55. The summed E-state index contributed by atoms with van der Waals surface area (Å²) in [7, 11) is 0. The molecular weight excluding hydrogens is 260 g/mol. The van der Waals surface area contributed by atoms with Crippen LogP contribution in [-0.2, 0) is 11.2 Å². The van der Waals surface area contributed by atoms with Gasteiger partial charge in [-0.25, -0.2) is 0 Å². The van der Waals surface area contributed by atoms with Gasteiger partial charge >= 0.3 is 0 Å². The molecule has 2 aliphatic rings. The van der Waals surface area contributed by atoms with Crippen LogP contribution in [0.4, 0.5) is 5.69 Å². The Hall–Kier alpha value is -1.51. The SMILES string of the molecule is C[C@@H](NC(=O)C1Cc2ccccc2N1)C1CCCCCC1. The molecule has 1 unspecified atom stereocenters. The number of benzene rings is 1. The third kappa shape index (κ3) is 3.39. The maximum absolute atomic E-state index is 12.5. The Kier molecular flexibility index (Phi) is 4.47. The predicted molar refractivity (Wildman–Crippen MR) is 86.4 cm³/mol. The molecule has 3 heteroatoms. The van der Waals surface area contributed by atoms with Gasteiger partial charge in [0.15, 0.2) is 0 Å². The fourth-order valence-corrected chi connectivity index (χ4v) is 3.71. The lowest BCUT2D eigenvalue weighted by Gasteiger charge is -2.25. The third-order valence-corrected chi connectivity index (χ3v) is 5.06. The van der Waals surface area contributed by atoms with Crippen molar-refractivity contribution in [2.45, 2.75) is 64.0 Å². The van der Waals surface area contributed by atoms with E-state index in [0.717, 1.165) is 12.1 Å². The minimum Gasteiger partial charge on any atom is -0.373 e. The molecule has 1 aromatic rings. The van der Waals surface area contributed by atoms with Gasteiger partial charge in [0, 0.05) is 18.2 Å². The summed E-state index contributed by atoms with van der Waals surface area (Å²) in [5.74, 6) is 0.808. The van der Waals surface area contributed by atoms with Crippen LogP contribution in [0.2, 0.25) is 0 Å².